The highest BCUT2D eigenvalue weighted by molar-refractivity contribution is 6.30. The van der Waals surface area contributed by atoms with Crippen molar-refractivity contribution in [3.63, 3.8) is 0 Å². The maximum Gasteiger partial charge on any atom is 0.307 e. The van der Waals surface area contributed by atoms with Gasteiger partial charge in [0.15, 0.2) is 11.5 Å². The molecular formula is C24H25ClO4. The Morgan fingerprint density at radius 2 is 1.83 bits per heavy atom. The van der Waals surface area contributed by atoms with Crippen molar-refractivity contribution in [1.29, 1.82) is 0 Å². The van der Waals surface area contributed by atoms with Crippen LogP contribution in [0.1, 0.15) is 49.1 Å². The van der Waals surface area contributed by atoms with E-state index in [1.807, 2.05) is 30.3 Å². The lowest BCUT2D eigenvalue weighted by Crippen LogP contribution is -2.12. The second-order valence-electron chi connectivity index (χ2n) is 7.04. The predicted octanol–water partition coefficient (Wildman–Crippen LogP) is 5.37. The average Bonchev–Trinajstić information content (AvgIpc) is 3.25. The summed E-state index contributed by atoms with van der Waals surface area (Å²) in [5.41, 5.74) is 1.73. The summed E-state index contributed by atoms with van der Waals surface area (Å²) >= 11 is 5.94. The van der Waals surface area contributed by atoms with Gasteiger partial charge in [-0.2, -0.15) is 0 Å². The molecule has 1 unspecified atom stereocenters. The molecule has 5 heteroatoms. The van der Waals surface area contributed by atoms with Gasteiger partial charge in [-0.1, -0.05) is 29.5 Å². The number of hydrogen-bond donors (Lipinski definition) is 0. The Kier molecular flexibility index (Phi) is 7.43. The molecule has 0 aromatic heterocycles. The van der Waals surface area contributed by atoms with Crippen LogP contribution in [0.4, 0.5) is 0 Å². The van der Waals surface area contributed by atoms with Crippen molar-refractivity contribution in [1.82, 2.24) is 0 Å². The molecule has 0 N–H and O–H groups in total. The van der Waals surface area contributed by atoms with Crippen LogP contribution in [0.5, 0.6) is 11.5 Å². The van der Waals surface area contributed by atoms with Gasteiger partial charge in [-0.25, -0.2) is 0 Å². The standard InChI is InChI=1S/C24H25ClO4/c1-27-22-14-11-18(15-23(22)29-21-5-3-4-6-21)19(16-24(26)28-2)10-7-17-8-12-20(25)13-9-17/h8-9,11-15,19,21H,3-6,16H2,1-2H3. The molecule has 2 aromatic carbocycles. The van der Waals surface area contributed by atoms with Gasteiger partial charge in [0.1, 0.15) is 0 Å². The van der Waals surface area contributed by atoms with Crippen molar-refractivity contribution in [2.75, 3.05) is 14.2 Å². The Morgan fingerprint density at radius 3 is 2.48 bits per heavy atom. The first kappa shape index (κ1) is 21.1. The Hall–Kier alpha value is -2.64. The highest BCUT2D eigenvalue weighted by Crippen LogP contribution is 2.35. The molecule has 0 amide bonds. The molecule has 1 aliphatic rings. The van der Waals surface area contributed by atoms with E-state index < -0.39 is 0 Å². The molecule has 4 nitrogen and oxygen atoms in total. The minimum atomic E-state index is -0.324. The fourth-order valence-electron chi connectivity index (χ4n) is 3.39. The maximum atomic E-state index is 12.0. The number of hydrogen-bond acceptors (Lipinski definition) is 4. The van der Waals surface area contributed by atoms with Crippen molar-refractivity contribution >= 4 is 17.6 Å². The number of benzene rings is 2. The van der Waals surface area contributed by atoms with Crippen LogP contribution in [0, 0.1) is 11.8 Å². The van der Waals surface area contributed by atoms with Crippen LogP contribution in [0.25, 0.3) is 0 Å². The van der Waals surface area contributed by atoms with Crippen LogP contribution in [-0.2, 0) is 9.53 Å². The third-order valence-corrected chi connectivity index (χ3v) is 5.27. The van der Waals surface area contributed by atoms with Gasteiger partial charge in [-0.05, 0) is 67.6 Å². The van der Waals surface area contributed by atoms with Gasteiger partial charge in [0.2, 0.25) is 0 Å². The average molecular weight is 413 g/mol. The first-order chi connectivity index (χ1) is 14.1. The third kappa shape index (κ3) is 5.92. The number of carbonyl (C=O) groups is 1. The van der Waals surface area contributed by atoms with Crippen molar-refractivity contribution in [2.24, 2.45) is 0 Å². The van der Waals surface area contributed by atoms with E-state index in [-0.39, 0.29) is 24.4 Å². The smallest absolute Gasteiger partial charge is 0.307 e. The third-order valence-electron chi connectivity index (χ3n) is 5.02. The van der Waals surface area contributed by atoms with Crippen molar-refractivity contribution in [2.45, 2.75) is 44.1 Å². The van der Waals surface area contributed by atoms with Gasteiger partial charge in [0.05, 0.1) is 32.7 Å². The second kappa shape index (κ2) is 10.2. The number of methoxy groups -OCH3 is 2. The molecule has 1 atom stereocenters. The first-order valence-electron chi connectivity index (χ1n) is 9.77. The zero-order valence-electron chi connectivity index (χ0n) is 16.7. The Balaban J connectivity index is 1.89. The Morgan fingerprint density at radius 1 is 1.10 bits per heavy atom. The number of rotatable bonds is 6. The van der Waals surface area contributed by atoms with Gasteiger partial charge < -0.3 is 14.2 Å². The fourth-order valence-corrected chi connectivity index (χ4v) is 3.52. The highest BCUT2D eigenvalue weighted by Gasteiger charge is 2.21. The van der Waals surface area contributed by atoms with Crippen LogP contribution >= 0.6 is 11.6 Å². The second-order valence-corrected chi connectivity index (χ2v) is 7.48. The molecule has 1 aliphatic carbocycles. The summed E-state index contributed by atoms with van der Waals surface area (Å²) in [6.45, 7) is 0. The molecule has 1 fully saturated rings. The minimum Gasteiger partial charge on any atom is -0.493 e. The normalized spacial score (nSPS) is 14.6. The molecule has 152 valence electrons. The van der Waals surface area contributed by atoms with E-state index in [9.17, 15) is 4.79 Å². The lowest BCUT2D eigenvalue weighted by molar-refractivity contribution is -0.140. The monoisotopic (exact) mass is 412 g/mol. The van der Waals surface area contributed by atoms with E-state index >= 15 is 0 Å². The quantitative estimate of drug-likeness (QED) is 0.472. The molecule has 0 aliphatic heterocycles. The predicted molar refractivity (Wildman–Crippen MR) is 114 cm³/mol. The molecule has 3 rings (SSSR count). The van der Waals surface area contributed by atoms with Crippen LogP contribution in [0.2, 0.25) is 5.02 Å². The van der Waals surface area contributed by atoms with E-state index in [1.165, 1.54) is 20.0 Å². The number of carbonyl (C=O) groups excluding carboxylic acids is 1. The molecule has 0 saturated heterocycles. The SMILES string of the molecule is COC(=O)CC(C#Cc1ccc(Cl)cc1)c1ccc(OC)c(OC2CCCC2)c1. The van der Waals surface area contributed by atoms with E-state index in [0.29, 0.717) is 16.5 Å². The molecule has 2 aromatic rings. The van der Waals surface area contributed by atoms with E-state index in [4.69, 9.17) is 25.8 Å². The zero-order valence-corrected chi connectivity index (χ0v) is 17.5. The lowest BCUT2D eigenvalue weighted by Gasteiger charge is -2.18. The Labute approximate surface area is 177 Å². The number of esters is 1. The fraction of sp³-hybridized carbons (Fsp3) is 0.375. The van der Waals surface area contributed by atoms with Gasteiger partial charge in [0, 0.05) is 10.6 Å². The van der Waals surface area contributed by atoms with Crippen molar-refractivity contribution in [3.05, 3.63) is 58.6 Å². The lowest BCUT2D eigenvalue weighted by atomic mass is 9.95. The van der Waals surface area contributed by atoms with Crippen LogP contribution in [0.15, 0.2) is 42.5 Å². The van der Waals surface area contributed by atoms with Crippen LogP contribution in [0.3, 0.4) is 0 Å². The molecule has 1 saturated carbocycles. The highest BCUT2D eigenvalue weighted by atomic mass is 35.5. The van der Waals surface area contributed by atoms with E-state index in [0.717, 1.165) is 24.0 Å². The molecule has 0 radical (unpaired) electrons. The first-order valence-corrected chi connectivity index (χ1v) is 10.2. The largest absolute Gasteiger partial charge is 0.493 e. The topological polar surface area (TPSA) is 44.8 Å². The number of ether oxygens (including phenoxy) is 3. The van der Waals surface area contributed by atoms with Gasteiger partial charge in [-0.3, -0.25) is 4.79 Å². The minimum absolute atomic E-state index is 0.159. The summed E-state index contributed by atoms with van der Waals surface area (Å²) in [4.78, 5) is 12.0. The van der Waals surface area contributed by atoms with Crippen molar-refractivity contribution < 1.29 is 19.0 Å². The van der Waals surface area contributed by atoms with Crippen molar-refractivity contribution in [3.8, 4) is 23.3 Å². The van der Waals surface area contributed by atoms with Gasteiger partial charge in [0.25, 0.3) is 0 Å². The zero-order chi connectivity index (χ0) is 20.6. The summed E-state index contributed by atoms with van der Waals surface area (Å²) in [5, 5.41) is 0.658. The summed E-state index contributed by atoms with van der Waals surface area (Å²) in [5.74, 6) is 7.08. The van der Waals surface area contributed by atoms with E-state index in [2.05, 4.69) is 11.8 Å². The molecular weight excluding hydrogens is 388 g/mol. The molecule has 0 heterocycles. The number of halogens is 1. The Bertz CT molecular complexity index is 889. The van der Waals surface area contributed by atoms with Crippen LogP contribution < -0.4 is 9.47 Å². The maximum absolute atomic E-state index is 12.0. The molecule has 0 bridgehead atoms. The van der Waals surface area contributed by atoms with E-state index in [1.54, 1.807) is 19.2 Å². The molecule has 0 spiro atoms. The van der Waals surface area contributed by atoms with Gasteiger partial charge in [-0.15, -0.1) is 0 Å². The summed E-state index contributed by atoms with van der Waals surface area (Å²) in [6, 6.07) is 13.0. The summed E-state index contributed by atoms with van der Waals surface area (Å²) in [6.07, 6.45) is 4.84. The molecule has 29 heavy (non-hydrogen) atoms. The van der Waals surface area contributed by atoms with Gasteiger partial charge >= 0.3 is 5.97 Å². The summed E-state index contributed by atoms with van der Waals surface area (Å²) in [7, 11) is 3.01. The summed E-state index contributed by atoms with van der Waals surface area (Å²) < 4.78 is 16.5. The van der Waals surface area contributed by atoms with Crippen LogP contribution in [-0.4, -0.2) is 26.3 Å².